The first-order chi connectivity index (χ1) is 13.6. The van der Waals surface area contributed by atoms with Crippen molar-refractivity contribution in [1.82, 2.24) is 0 Å². The van der Waals surface area contributed by atoms with Crippen molar-refractivity contribution in [3.8, 4) is 11.5 Å². The van der Waals surface area contributed by atoms with Crippen molar-refractivity contribution in [2.24, 2.45) is 5.10 Å². The molecule has 0 bridgehead atoms. The Balaban J connectivity index is 1.73. The molecule has 1 N–H and O–H groups in total. The third-order valence-corrected chi connectivity index (χ3v) is 5.00. The lowest BCUT2D eigenvalue weighted by atomic mass is 10.2. The Morgan fingerprint density at radius 1 is 1.07 bits per heavy atom. The van der Waals surface area contributed by atoms with Gasteiger partial charge in [0.2, 0.25) is 0 Å². The molecule has 0 unspecified atom stereocenters. The maximum absolute atomic E-state index is 6.21. The molecule has 3 aromatic rings. The van der Waals surface area contributed by atoms with Gasteiger partial charge in [0.1, 0.15) is 6.61 Å². The molecule has 0 amide bonds. The number of halogens is 3. The van der Waals surface area contributed by atoms with E-state index in [-0.39, 0.29) is 6.61 Å². The van der Waals surface area contributed by atoms with Crippen molar-refractivity contribution in [3.05, 3.63) is 86.3 Å². The zero-order chi connectivity index (χ0) is 19.9. The minimum atomic E-state index is 0.286. The van der Waals surface area contributed by atoms with Crippen LogP contribution < -0.4 is 14.9 Å². The van der Waals surface area contributed by atoms with Gasteiger partial charge in [-0.05, 0) is 57.9 Å². The van der Waals surface area contributed by atoms with E-state index in [1.807, 2.05) is 48.5 Å². The van der Waals surface area contributed by atoms with Crippen molar-refractivity contribution in [1.29, 1.82) is 0 Å². The number of hydrogen-bond donors (Lipinski definition) is 1. The predicted octanol–water partition coefficient (Wildman–Crippen LogP) is 6.79. The maximum Gasteiger partial charge on any atom is 0.175 e. The number of hydrazone groups is 1. The number of benzene rings is 3. The molecule has 0 radical (unpaired) electrons. The van der Waals surface area contributed by atoms with Crippen LogP contribution in [0.4, 0.5) is 5.69 Å². The molecule has 0 aromatic heterocycles. The Morgan fingerprint density at radius 3 is 2.57 bits per heavy atom. The first-order valence-corrected chi connectivity index (χ1v) is 9.90. The Labute approximate surface area is 182 Å². The second-order valence-electron chi connectivity index (χ2n) is 5.79. The molecule has 28 heavy (non-hydrogen) atoms. The fourth-order valence-electron chi connectivity index (χ4n) is 2.44. The van der Waals surface area contributed by atoms with Gasteiger partial charge >= 0.3 is 0 Å². The summed E-state index contributed by atoms with van der Waals surface area (Å²) in [5.41, 5.74) is 5.57. The van der Waals surface area contributed by atoms with Gasteiger partial charge < -0.3 is 9.47 Å². The van der Waals surface area contributed by atoms with Gasteiger partial charge in [-0.3, -0.25) is 5.43 Å². The average Bonchev–Trinajstić information content (AvgIpc) is 2.69. The molecule has 0 spiro atoms. The number of hydrogen-bond acceptors (Lipinski definition) is 4. The van der Waals surface area contributed by atoms with Crippen LogP contribution in [0, 0.1) is 0 Å². The highest BCUT2D eigenvalue weighted by Gasteiger charge is 2.12. The normalized spacial score (nSPS) is 10.9. The van der Waals surface area contributed by atoms with E-state index in [4.69, 9.17) is 32.7 Å². The number of ether oxygens (including phenoxy) is 2. The fraction of sp³-hybridized carbons (Fsp3) is 0.0952. The molecule has 0 fully saturated rings. The van der Waals surface area contributed by atoms with Crippen molar-refractivity contribution in [3.63, 3.8) is 0 Å². The van der Waals surface area contributed by atoms with Crippen LogP contribution in [0.2, 0.25) is 10.0 Å². The SMILES string of the molecule is COc1cc(C=NNc2ccccc2)cc(Br)c1OCc1ccc(Cl)cc1Cl. The van der Waals surface area contributed by atoms with E-state index in [0.717, 1.165) is 21.3 Å². The van der Waals surface area contributed by atoms with E-state index >= 15 is 0 Å². The number of anilines is 1. The molecule has 7 heteroatoms. The Hall–Kier alpha value is -2.21. The third kappa shape index (κ3) is 5.41. The smallest absolute Gasteiger partial charge is 0.175 e. The van der Waals surface area contributed by atoms with Crippen molar-refractivity contribution in [2.75, 3.05) is 12.5 Å². The molecule has 0 saturated heterocycles. The van der Waals surface area contributed by atoms with Crippen LogP contribution in [0.5, 0.6) is 11.5 Å². The van der Waals surface area contributed by atoms with E-state index in [1.165, 1.54) is 0 Å². The molecule has 0 aliphatic heterocycles. The van der Waals surface area contributed by atoms with Gasteiger partial charge in [-0.25, -0.2) is 0 Å². The monoisotopic (exact) mass is 478 g/mol. The first kappa shape index (κ1) is 20.5. The summed E-state index contributed by atoms with van der Waals surface area (Å²) in [4.78, 5) is 0. The lowest BCUT2D eigenvalue weighted by Crippen LogP contribution is -2.00. The number of rotatable bonds is 7. The molecule has 0 atom stereocenters. The molecule has 0 heterocycles. The number of nitrogens with zero attached hydrogens (tertiary/aromatic N) is 1. The Bertz CT molecular complexity index is 982. The van der Waals surface area contributed by atoms with Crippen molar-refractivity contribution in [2.45, 2.75) is 6.61 Å². The third-order valence-electron chi connectivity index (χ3n) is 3.82. The molecule has 3 aromatic carbocycles. The molecule has 0 saturated carbocycles. The Morgan fingerprint density at radius 2 is 1.86 bits per heavy atom. The summed E-state index contributed by atoms with van der Waals surface area (Å²) in [7, 11) is 1.59. The summed E-state index contributed by atoms with van der Waals surface area (Å²) in [6, 6.07) is 18.8. The topological polar surface area (TPSA) is 42.8 Å². The molecular weight excluding hydrogens is 463 g/mol. The molecule has 0 aliphatic carbocycles. The number of methoxy groups -OCH3 is 1. The molecular formula is C21H17BrCl2N2O2. The lowest BCUT2D eigenvalue weighted by Gasteiger charge is -2.14. The highest BCUT2D eigenvalue weighted by Crippen LogP contribution is 2.37. The highest BCUT2D eigenvalue weighted by molar-refractivity contribution is 9.10. The van der Waals surface area contributed by atoms with Gasteiger partial charge in [-0.1, -0.05) is 47.5 Å². The molecule has 3 rings (SSSR count). The first-order valence-electron chi connectivity index (χ1n) is 8.35. The summed E-state index contributed by atoms with van der Waals surface area (Å²) in [6.45, 7) is 0.286. The summed E-state index contributed by atoms with van der Waals surface area (Å²) < 4.78 is 12.2. The van der Waals surface area contributed by atoms with E-state index in [1.54, 1.807) is 25.5 Å². The van der Waals surface area contributed by atoms with Gasteiger partial charge in [0.25, 0.3) is 0 Å². The zero-order valence-corrected chi connectivity index (χ0v) is 18.1. The molecule has 144 valence electrons. The second-order valence-corrected chi connectivity index (χ2v) is 7.49. The van der Waals surface area contributed by atoms with Crippen LogP contribution in [0.15, 0.2) is 70.2 Å². The van der Waals surface area contributed by atoms with Crippen LogP contribution in [-0.2, 0) is 6.61 Å². The lowest BCUT2D eigenvalue weighted by molar-refractivity contribution is 0.282. The Kier molecular flexibility index (Phi) is 7.20. The van der Waals surface area contributed by atoms with Crippen LogP contribution in [0.25, 0.3) is 0 Å². The molecule has 4 nitrogen and oxygen atoms in total. The molecule has 0 aliphatic rings. The predicted molar refractivity (Wildman–Crippen MR) is 119 cm³/mol. The summed E-state index contributed by atoms with van der Waals surface area (Å²) >= 11 is 15.7. The summed E-state index contributed by atoms with van der Waals surface area (Å²) in [5.74, 6) is 1.17. The fourth-order valence-corrected chi connectivity index (χ4v) is 3.47. The minimum Gasteiger partial charge on any atom is -0.493 e. The minimum absolute atomic E-state index is 0.286. The van der Waals surface area contributed by atoms with E-state index < -0.39 is 0 Å². The number of nitrogens with one attached hydrogen (secondary N) is 1. The van der Waals surface area contributed by atoms with Crippen molar-refractivity contribution >= 4 is 51.0 Å². The summed E-state index contributed by atoms with van der Waals surface area (Å²) in [5, 5.41) is 5.39. The average molecular weight is 480 g/mol. The van der Waals surface area contributed by atoms with Gasteiger partial charge in [0.05, 0.1) is 23.5 Å². The maximum atomic E-state index is 6.21. The van der Waals surface area contributed by atoms with Crippen LogP contribution in [0.3, 0.4) is 0 Å². The zero-order valence-electron chi connectivity index (χ0n) is 15.0. The quantitative estimate of drug-likeness (QED) is 0.299. The van der Waals surface area contributed by atoms with Gasteiger partial charge in [0.15, 0.2) is 11.5 Å². The van der Waals surface area contributed by atoms with Crippen LogP contribution >= 0.6 is 39.1 Å². The van der Waals surface area contributed by atoms with Gasteiger partial charge in [0, 0.05) is 15.6 Å². The van der Waals surface area contributed by atoms with Gasteiger partial charge in [-0.15, -0.1) is 0 Å². The van der Waals surface area contributed by atoms with Crippen molar-refractivity contribution < 1.29 is 9.47 Å². The standard InChI is InChI=1S/C21H17BrCl2N2O2/c1-27-20-10-14(12-25-26-17-5-3-2-4-6-17)9-18(22)21(20)28-13-15-7-8-16(23)11-19(15)24/h2-12,26H,13H2,1H3. The van der Waals surface area contributed by atoms with Crippen LogP contribution in [-0.4, -0.2) is 13.3 Å². The highest BCUT2D eigenvalue weighted by atomic mass is 79.9. The number of para-hydroxylation sites is 1. The summed E-state index contributed by atoms with van der Waals surface area (Å²) in [6.07, 6.45) is 1.71. The van der Waals surface area contributed by atoms with E-state index in [0.29, 0.717) is 21.5 Å². The largest absolute Gasteiger partial charge is 0.493 e. The van der Waals surface area contributed by atoms with E-state index in [9.17, 15) is 0 Å². The van der Waals surface area contributed by atoms with Crippen LogP contribution in [0.1, 0.15) is 11.1 Å². The van der Waals surface area contributed by atoms with Gasteiger partial charge in [-0.2, -0.15) is 5.10 Å². The van der Waals surface area contributed by atoms with E-state index in [2.05, 4.69) is 26.5 Å². The second kappa shape index (κ2) is 9.82.